The fourth-order valence-electron chi connectivity index (χ4n) is 1.70. The predicted octanol–water partition coefficient (Wildman–Crippen LogP) is 2.77. The molecule has 0 saturated carbocycles. The van der Waals surface area contributed by atoms with Gasteiger partial charge in [0, 0.05) is 0 Å². The minimum atomic E-state index is -0.266. The third-order valence-electron chi connectivity index (χ3n) is 2.68. The number of esters is 1. The van der Waals surface area contributed by atoms with E-state index in [1.165, 1.54) is 0 Å². The van der Waals surface area contributed by atoms with E-state index in [2.05, 4.69) is 4.98 Å². The van der Waals surface area contributed by atoms with Crippen LogP contribution in [-0.4, -0.2) is 17.6 Å². The van der Waals surface area contributed by atoms with Crippen LogP contribution in [0.4, 0.5) is 0 Å². The molecule has 0 unspecified atom stereocenters. The number of benzene rings is 1. The van der Waals surface area contributed by atoms with Crippen LogP contribution in [-0.2, 0) is 22.6 Å². The van der Waals surface area contributed by atoms with Crippen LogP contribution in [0.2, 0.25) is 0 Å². The standard InChI is InChI=1S/C16H17NO3/c1-2-19-16(18)10-14-8-9-15(11-17-14)20-12-13-6-4-3-5-7-13/h3-9,11H,2,10,12H2,1H3. The van der Waals surface area contributed by atoms with Crippen molar-refractivity contribution in [1.29, 1.82) is 0 Å². The summed E-state index contributed by atoms with van der Waals surface area (Å²) >= 11 is 0. The van der Waals surface area contributed by atoms with Crippen molar-refractivity contribution in [2.45, 2.75) is 20.0 Å². The molecule has 20 heavy (non-hydrogen) atoms. The van der Waals surface area contributed by atoms with Crippen LogP contribution in [0, 0.1) is 0 Å². The summed E-state index contributed by atoms with van der Waals surface area (Å²) in [5.41, 5.74) is 1.78. The van der Waals surface area contributed by atoms with Crippen molar-refractivity contribution < 1.29 is 14.3 Å². The Kier molecular flexibility index (Phi) is 5.12. The molecule has 4 nitrogen and oxygen atoms in total. The van der Waals surface area contributed by atoms with Gasteiger partial charge in [-0.15, -0.1) is 0 Å². The topological polar surface area (TPSA) is 48.4 Å². The molecular weight excluding hydrogens is 254 g/mol. The Hall–Kier alpha value is -2.36. The quantitative estimate of drug-likeness (QED) is 0.758. The van der Waals surface area contributed by atoms with Gasteiger partial charge in [0.25, 0.3) is 0 Å². The van der Waals surface area contributed by atoms with Crippen molar-refractivity contribution in [2.75, 3.05) is 6.61 Å². The molecule has 0 saturated heterocycles. The molecule has 0 spiro atoms. The van der Waals surface area contributed by atoms with E-state index < -0.39 is 0 Å². The Balaban J connectivity index is 1.87. The van der Waals surface area contributed by atoms with Gasteiger partial charge in [-0.3, -0.25) is 9.78 Å². The number of aromatic nitrogens is 1. The van der Waals surface area contributed by atoms with Crippen LogP contribution < -0.4 is 4.74 Å². The van der Waals surface area contributed by atoms with Crippen molar-refractivity contribution in [3.05, 3.63) is 59.9 Å². The molecule has 0 aliphatic carbocycles. The van der Waals surface area contributed by atoms with Crippen molar-refractivity contribution in [2.24, 2.45) is 0 Å². The summed E-state index contributed by atoms with van der Waals surface area (Å²) < 4.78 is 10.5. The maximum atomic E-state index is 11.3. The molecule has 1 heterocycles. The molecule has 2 aromatic rings. The molecule has 0 atom stereocenters. The number of ether oxygens (including phenoxy) is 2. The van der Waals surface area contributed by atoms with E-state index in [-0.39, 0.29) is 12.4 Å². The summed E-state index contributed by atoms with van der Waals surface area (Å²) in [5.74, 6) is 0.416. The first-order valence-electron chi connectivity index (χ1n) is 6.55. The summed E-state index contributed by atoms with van der Waals surface area (Å²) in [5, 5.41) is 0. The highest BCUT2D eigenvalue weighted by atomic mass is 16.5. The molecule has 0 fully saturated rings. The number of rotatable bonds is 6. The third kappa shape index (κ3) is 4.39. The van der Waals surface area contributed by atoms with Gasteiger partial charge in [-0.1, -0.05) is 30.3 Å². The van der Waals surface area contributed by atoms with E-state index in [9.17, 15) is 4.79 Å². The van der Waals surface area contributed by atoms with Gasteiger partial charge >= 0.3 is 5.97 Å². The first-order chi connectivity index (χ1) is 9.78. The fourth-order valence-corrected chi connectivity index (χ4v) is 1.70. The van der Waals surface area contributed by atoms with Gasteiger partial charge in [0.05, 0.1) is 24.9 Å². The summed E-state index contributed by atoms with van der Waals surface area (Å²) in [4.78, 5) is 15.5. The summed E-state index contributed by atoms with van der Waals surface area (Å²) in [6.07, 6.45) is 1.81. The van der Waals surface area contributed by atoms with E-state index in [1.54, 1.807) is 19.2 Å². The monoisotopic (exact) mass is 271 g/mol. The lowest BCUT2D eigenvalue weighted by Crippen LogP contribution is -2.08. The number of hydrogen-bond donors (Lipinski definition) is 0. The average molecular weight is 271 g/mol. The predicted molar refractivity (Wildman–Crippen MR) is 75.3 cm³/mol. The Morgan fingerprint density at radius 2 is 1.95 bits per heavy atom. The number of carbonyl (C=O) groups excluding carboxylic acids is 1. The molecule has 1 aromatic heterocycles. The molecule has 0 radical (unpaired) electrons. The summed E-state index contributed by atoms with van der Waals surface area (Å²) in [6.45, 7) is 2.67. The lowest BCUT2D eigenvalue weighted by atomic mass is 10.2. The van der Waals surface area contributed by atoms with E-state index in [0.29, 0.717) is 24.7 Å². The van der Waals surface area contributed by atoms with Gasteiger partial charge < -0.3 is 9.47 Å². The van der Waals surface area contributed by atoms with Gasteiger partial charge in [-0.25, -0.2) is 0 Å². The number of nitrogens with zero attached hydrogens (tertiary/aromatic N) is 1. The second kappa shape index (κ2) is 7.28. The lowest BCUT2D eigenvalue weighted by molar-refractivity contribution is -0.142. The second-order valence-corrected chi connectivity index (χ2v) is 4.24. The highest BCUT2D eigenvalue weighted by Gasteiger charge is 2.05. The smallest absolute Gasteiger partial charge is 0.311 e. The largest absolute Gasteiger partial charge is 0.487 e. The van der Waals surface area contributed by atoms with E-state index >= 15 is 0 Å². The SMILES string of the molecule is CCOC(=O)Cc1ccc(OCc2ccccc2)cn1. The van der Waals surface area contributed by atoms with Crippen LogP contribution in [0.25, 0.3) is 0 Å². The molecule has 0 amide bonds. The van der Waals surface area contributed by atoms with Crippen LogP contribution in [0.3, 0.4) is 0 Å². The van der Waals surface area contributed by atoms with Crippen molar-refractivity contribution >= 4 is 5.97 Å². The molecular formula is C16H17NO3. The zero-order chi connectivity index (χ0) is 14.2. The van der Waals surface area contributed by atoms with Crippen LogP contribution in [0.15, 0.2) is 48.7 Å². The minimum absolute atomic E-state index is 0.187. The first-order valence-corrected chi connectivity index (χ1v) is 6.55. The van der Waals surface area contributed by atoms with E-state index in [0.717, 1.165) is 5.56 Å². The zero-order valence-corrected chi connectivity index (χ0v) is 11.4. The van der Waals surface area contributed by atoms with Crippen LogP contribution in [0.5, 0.6) is 5.75 Å². The van der Waals surface area contributed by atoms with Gasteiger partial charge in [-0.2, -0.15) is 0 Å². The molecule has 104 valence electrons. The number of pyridine rings is 1. The molecule has 2 rings (SSSR count). The lowest BCUT2D eigenvalue weighted by Gasteiger charge is -2.06. The van der Waals surface area contributed by atoms with E-state index in [1.807, 2.05) is 36.4 Å². The van der Waals surface area contributed by atoms with Crippen LogP contribution in [0.1, 0.15) is 18.2 Å². The molecule has 1 aromatic carbocycles. The molecule has 0 aliphatic rings. The Labute approximate surface area is 118 Å². The van der Waals surface area contributed by atoms with Crippen molar-refractivity contribution in [3.63, 3.8) is 0 Å². The first kappa shape index (κ1) is 14.1. The highest BCUT2D eigenvalue weighted by molar-refractivity contribution is 5.71. The minimum Gasteiger partial charge on any atom is -0.487 e. The molecule has 0 bridgehead atoms. The van der Waals surface area contributed by atoms with Crippen molar-refractivity contribution in [1.82, 2.24) is 4.98 Å². The van der Waals surface area contributed by atoms with Crippen LogP contribution >= 0.6 is 0 Å². The Morgan fingerprint density at radius 1 is 1.15 bits per heavy atom. The molecule has 4 heteroatoms. The maximum absolute atomic E-state index is 11.3. The second-order valence-electron chi connectivity index (χ2n) is 4.24. The normalized spacial score (nSPS) is 10.1. The highest BCUT2D eigenvalue weighted by Crippen LogP contribution is 2.12. The zero-order valence-electron chi connectivity index (χ0n) is 11.4. The van der Waals surface area contributed by atoms with Gasteiger partial charge in [0.15, 0.2) is 0 Å². The summed E-state index contributed by atoms with van der Waals surface area (Å²) in [6, 6.07) is 13.5. The molecule has 0 N–H and O–H groups in total. The van der Waals surface area contributed by atoms with E-state index in [4.69, 9.17) is 9.47 Å². The average Bonchev–Trinajstić information content (AvgIpc) is 2.48. The van der Waals surface area contributed by atoms with Gasteiger partial charge in [-0.05, 0) is 24.6 Å². The Bertz CT molecular complexity index is 537. The van der Waals surface area contributed by atoms with Crippen molar-refractivity contribution in [3.8, 4) is 5.75 Å². The number of carbonyl (C=O) groups is 1. The number of hydrogen-bond acceptors (Lipinski definition) is 4. The summed E-state index contributed by atoms with van der Waals surface area (Å²) in [7, 11) is 0. The maximum Gasteiger partial charge on any atom is 0.311 e. The molecule has 0 aliphatic heterocycles. The third-order valence-corrected chi connectivity index (χ3v) is 2.68. The Morgan fingerprint density at radius 3 is 2.60 bits per heavy atom. The van der Waals surface area contributed by atoms with Gasteiger partial charge in [0.1, 0.15) is 12.4 Å². The van der Waals surface area contributed by atoms with Gasteiger partial charge in [0.2, 0.25) is 0 Å². The fraction of sp³-hybridized carbons (Fsp3) is 0.250.